The molecular weight excluding hydrogens is 308 g/mol. The Morgan fingerprint density at radius 1 is 1.43 bits per heavy atom. The molecule has 4 rings (SSSR count). The van der Waals surface area contributed by atoms with Gasteiger partial charge in [-0.25, -0.2) is 0 Å². The highest BCUT2D eigenvalue weighted by molar-refractivity contribution is 7.10. The zero-order valence-corrected chi connectivity index (χ0v) is 14.2. The van der Waals surface area contributed by atoms with Crippen molar-refractivity contribution in [2.75, 3.05) is 19.7 Å². The molecule has 0 saturated carbocycles. The Balaban J connectivity index is 1.33. The van der Waals surface area contributed by atoms with Crippen molar-refractivity contribution in [3.8, 4) is 5.75 Å². The van der Waals surface area contributed by atoms with E-state index in [1.165, 1.54) is 10.4 Å². The minimum absolute atomic E-state index is 0.00368. The van der Waals surface area contributed by atoms with Gasteiger partial charge in [0, 0.05) is 43.5 Å². The fourth-order valence-electron chi connectivity index (χ4n) is 3.56. The number of pyridine rings is 1. The summed E-state index contributed by atoms with van der Waals surface area (Å²) in [6.45, 7) is 6.05. The quantitative estimate of drug-likeness (QED) is 0.862. The summed E-state index contributed by atoms with van der Waals surface area (Å²) in [5.74, 6) is 0.861. The van der Waals surface area contributed by atoms with Crippen molar-refractivity contribution in [2.24, 2.45) is 0 Å². The van der Waals surface area contributed by atoms with Gasteiger partial charge < -0.3 is 9.47 Å². The highest BCUT2D eigenvalue weighted by Crippen LogP contribution is 2.37. The van der Waals surface area contributed by atoms with Crippen molar-refractivity contribution in [2.45, 2.75) is 38.0 Å². The third kappa shape index (κ3) is 3.27. The number of hydrogen-bond acceptors (Lipinski definition) is 5. The minimum atomic E-state index is -0.00368. The van der Waals surface area contributed by atoms with Crippen LogP contribution < -0.4 is 4.74 Å². The Kier molecular flexibility index (Phi) is 4.09. The van der Waals surface area contributed by atoms with Gasteiger partial charge in [0.2, 0.25) is 0 Å². The average Bonchev–Trinajstić information content (AvgIpc) is 2.92. The van der Waals surface area contributed by atoms with Crippen LogP contribution >= 0.6 is 11.3 Å². The monoisotopic (exact) mass is 330 g/mol. The molecule has 0 bridgehead atoms. The lowest BCUT2D eigenvalue weighted by atomic mass is 9.84. The van der Waals surface area contributed by atoms with Gasteiger partial charge in [0.1, 0.15) is 11.9 Å². The highest BCUT2D eigenvalue weighted by Gasteiger charge is 2.48. The fraction of sp³-hybridized carbons (Fsp3) is 0.500. The molecule has 4 nitrogen and oxygen atoms in total. The van der Waals surface area contributed by atoms with Gasteiger partial charge in [-0.15, -0.1) is 11.3 Å². The topological polar surface area (TPSA) is 34.6 Å². The standard InChI is InChI=1S/C18H22N2O2S/c1-14-5-8-23-17(14)11-20-12-18(13-20)9-15(4-7-21-18)22-16-3-2-6-19-10-16/h2-3,5-6,8,10,15H,4,7,9,11-13H2,1H3. The van der Waals surface area contributed by atoms with Crippen LogP contribution in [-0.4, -0.2) is 41.3 Å². The van der Waals surface area contributed by atoms with E-state index in [0.717, 1.165) is 44.8 Å². The van der Waals surface area contributed by atoms with Gasteiger partial charge in [0.15, 0.2) is 0 Å². The van der Waals surface area contributed by atoms with Crippen molar-refractivity contribution in [1.82, 2.24) is 9.88 Å². The molecule has 2 aromatic rings. The van der Waals surface area contributed by atoms with Crippen LogP contribution in [0.15, 0.2) is 36.0 Å². The zero-order chi connectivity index (χ0) is 15.7. The second-order valence-electron chi connectivity index (χ2n) is 6.62. The van der Waals surface area contributed by atoms with E-state index in [-0.39, 0.29) is 11.7 Å². The molecule has 1 atom stereocenters. The number of hydrogen-bond donors (Lipinski definition) is 0. The van der Waals surface area contributed by atoms with Crippen LogP contribution in [-0.2, 0) is 11.3 Å². The molecule has 122 valence electrons. The molecule has 2 saturated heterocycles. The molecule has 4 heterocycles. The summed E-state index contributed by atoms with van der Waals surface area (Å²) in [5.41, 5.74) is 1.40. The predicted molar refractivity (Wildman–Crippen MR) is 90.9 cm³/mol. The summed E-state index contributed by atoms with van der Waals surface area (Å²) < 4.78 is 12.2. The summed E-state index contributed by atoms with van der Waals surface area (Å²) in [4.78, 5) is 8.07. The molecule has 0 aliphatic carbocycles. The summed E-state index contributed by atoms with van der Waals surface area (Å²) in [5, 5.41) is 2.18. The normalized spacial score (nSPS) is 23.6. The molecule has 2 aliphatic rings. The first-order valence-corrected chi connectivity index (χ1v) is 9.06. The van der Waals surface area contributed by atoms with Crippen molar-refractivity contribution in [3.05, 3.63) is 46.4 Å². The Morgan fingerprint density at radius 3 is 3.09 bits per heavy atom. The molecule has 5 heteroatoms. The summed E-state index contributed by atoms with van der Waals surface area (Å²) in [6.07, 6.45) is 5.73. The van der Waals surface area contributed by atoms with E-state index in [2.05, 4.69) is 28.3 Å². The molecule has 1 unspecified atom stereocenters. The number of nitrogens with zero attached hydrogens (tertiary/aromatic N) is 2. The smallest absolute Gasteiger partial charge is 0.138 e. The Hall–Kier alpha value is -1.43. The number of ether oxygens (including phenoxy) is 2. The first kappa shape index (κ1) is 15.1. The molecule has 0 aromatic carbocycles. The predicted octanol–water partition coefficient (Wildman–Crippen LogP) is 3.26. The number of likely N-dealkylation sites (tertiary alicyclic amines) is 1. The van der Waals surface area contributed by atoms with Crippen molar-refractivity contribution >= 4 is 11.3 Å². The van der Waals surface area contributed by atoms with Crippen LogP contribution in [0.25, 0.3) is 0 Å². The summed E-state index contributed by atoms with van der Waals surface area (Å²) >= 11 is 1.85. The molecule has 2 aromatic heterocycles. The van der Waals surface area contributed by atoms with E-state index in [0.29, 0.717) is 0 Å². The number of aryl methyl sites for hydroxylation is 1. The molecule has 1 spiro atoms. The fourth-order valence-corrected chi connectivity index (χ4v) is 4.51. The van der Waals surface area contributed by atoms with Crippen LogP contribution in [0.5, 0.6) is 5.75 Å². The zero-order valence-electron chi connectivity index (χ0n) is 13.4. The number of thiophene rings is 1. The largest absolute Gasteiger partial charge is 0.489 e. The first-order chi connectivity index (χ1) is 11.2. The van der Waals surface area contributed by atoms with Crippen molar-refractivity contribution in [1.29, 1.82) is 0 Å². The maximum Gasteiger partial charge on any atom is 0.138 e. The third-order valence-corrected chi connectivity index (χ3v) is 5.75. The van der Waals surface area contributed by atoms with Gasteiger partial charge in [-0.1, -0.05) is 0 Å². The molecule has 2 fully saturated rings. The van der Waals surface area contributed by atoms with E-state index in [4.69, 9.17) is 9.47 Å². The molecular formula is C18H22N2O2S. The van der Waals surface area contributed by atoms with E-state index in [9.17, 15) is 0 Å². The number of aromatic nitrogens is 1. The maximum absolute atomic E-state index is 6.12. The minimum Gasteiger partial charge on any atom is -0.489 e. The van der Waals surface area contributed by atoms with Gasteiger partial charge in [0.25, 0.3) is 0 Å². The molecule has 0 amide bonds. The van der Waals surface area contributed by atoms with Crippen LogP contribution in [0.1, 0.15) is 23.3 Å². The van der Waals surface area contributed by atoms with Gasteiger partial charge >= 0.3 is 0 Å². The van der Waals surface area contributed by atoms with Gasteiger partial charge in [0.05, 0.1) is 18.4 Å². The van der Waals surface area contributed by atoms with E-state index >= 15 is 0 Å². The third-order valence-electron chi connectivity index (χ3n) is 4.74. The van der Waals surface area contributed by atoms with Gasteiger partial charge in [-0.2, -0.15) is 0 Å². The van der Waals surface area contributed by atoms with Crippen molar-refractivity contribution < 1.29 is 9.47 Å². The van der Waals surface area contributed by atoms with Crippen LogP contribution in [0, 0.1) is 6.92 Å². The van der Waals surface area contributed by atoms with Gasteiger partial charge in [-0.05, 0) is 36.1 Å². The summed E-state index contributed by atoms with van der Waals surface area (Å²) in [6, 6.07) is 6.09. The van der Waals surface area contributed by atoms with E-state index in [1.807, 2.05) is 23.5 Å². The molecule has 23 heavy (non-hydrogen) atoms. The van der Waals surface area contributed by atoms with Crippen LogP contribution in [0.3, 0.4) is 0 Å². The van der Waals surface area contributed by atoms with Gasteiger partial charge in [-0.3, -0.25) is 9.88 Å². The van der Waals surface area contributed by atoms with Crippen molar-refractivity contribution in [3.63, 3.8) is 0 Å². The molecule has 0 radical (unpaired) electrons. The van der Waals surface area contributed by atoms with E-state index in [1.54, 1.807) is 12.4 Å². The molecule has 0 N–H and O–H groups in total. The Morgan fingerprint density at radius 2 is 2.35 bits per heavy atom. The second-order valence-corrected chi connectivity index (χ2v) is 7.63. The van der Waals surface area contributed by atoms with Crippen LogP contribution in [0.4, 0.5) is 0 Å². The first-order valence-electron chi connectivity index (χ1n) is 8.18. The number of rotatable bonds is 4. The van der Waals surface area contributed by atoms with Crippen LogP contribution in [0.2, 0.25) is 0 Å². The Labute approximate surface area is 141 Å². The lowest BCUT2D eigenvalue weighted by molar-refractivity contribution is -0.187. The SMILES string of the molecule is Cc1ccsc1CN1CC2(CC(Oc3cccnc3)CCO2)C1. The molecule has 2 aliphatic heterocycles. The summed E-state index contributed by atoms with van der Waals surface area (Å²) in [7, 11) is 0. The average molecular weight is 330 g/mol. The lowest BCUT2D eigenvalue weighted by Crippen LogP contribution is -2.65. The lowest BCUT2D eigenvalue weighted by Gasteiger charge is -2.53. The maximum atomic E-state index is 6.12. The van der Waals surface area contributed by atoms with E-state index < -0.39 is 0 Å². The highest BCUT2D eigenvalue weighted by atomic mass is 32.1. The second kappa shape index (κ2) is 6.23. The Bertz CT molecular complexity index is 652.